The Labute approximate surface area is 167 Å². The molecule has 7 heteroatoms. The van der Waals surface area contributed by atoms with Gasteiger partial charge in [0, 0.05) is 17.0 Å². The van der Waals surface area contributed by atoms with E-state index in [0.29, 0.717) is 11.4 Å². The van der Waals surface area contributed by atoms with Crippen LogP contribution in [-0.4, -0.2) is 29.9 Å². The van der Waals surface area contributed by atoms with Crippen LogP contribution in [0.1, 0.15) is 24.5 Å². The van der Waals surface area contributed by atoms with Crippen LogP contribution in [0, 0.1) is 6.92 Å². The third kappa shape index (κ3) is 3.68. The van der Waals surface area contributed by atoms with E-state index in [-0.39, 0.29) is 41.0 Å². The van der Waals surface area contributed by atoms with Crippen molar-refractivity contribution in [2.45, 2.75) is 25.9 Å². The first kappa shape index (κ1) is 19.7. The van der Waals surface area contributed by atoms with Crippen LogP contribution in [0.4, 0.5) is 5.69 Å². The predicted molar refractivity (Wildman–Crippen MR) is 105 cm³/mol. The van der Waals surface area contributed by atoms with Gasteiger partial charge in [-0.25, -0.2) is 0 Å². The Morgan fingerprint density at radius 3 is 2.59 bits per heavy atom. The number of Topliss-reactive ketones (excluding diaryl/α,β-unsaturated/α-hetero) is 1. The van der Waals surface area contributed by atoms with Crippen LogP contribution in [0.5, 0.6) is 5.75 Å². The second-order valence-corrected chi connectivity index (χ2v) is 7.43. The molecule has 3 rings (SSSR count). The summed E-state index contributed by atoms with van der Waals surface area (Å²) in [6, 6.07) is 10.6. The zero-order valence-corrected chi connectivity index (χ0v) is 16.5. The summed E-state index contributed by atoms with van der Waals surface area (Å²) in [4.78, 5) is 26.0. The maximum absolute atomic E-state index is 13.0. The topological polar surface area (TPSA) is 66.8 Å². The van der Waals surface area contributed by atoms with E-state index < -0.39 is 11.5 Å². The van der Waals surface area contributed by atoms with Gasteiger partial charge in [-0.3, -0.25) is 9.59 Å². The highest BCUT2D eigenvalue weighted by Crippen LogP contribution is 2.49. The van der Waals surface area contributed by atoms with Crippen molar-refractivity contribution in [3.63, 3.8) is 0 Å². The van der Waals surface area contributed by atoms with Crippen molar-refractivity contribution in [1.82, 2.24) is 0 Å². The molecule has 0 unspecified atom stereocenters. The Morgan fingerprint density at radius 1 is 1.22 bits per heavy atom. The number of halogens is 2. The van der Waals surface area contributed by atoms with Gasteiger partial charge in [-0.15, -0.1) is 0 Å². The molecule has 2 aromatic carbocycles. The smallest absolute Gasteiger partial charge is 0.264 e. The Balaban J connectivity index is 1.89. The molecule has 1 aliphatic rings. The van der Waals surface area contributed by atoms with Gasteiger partial charge in [0.05, 0.1) is 17.3 Å². The highest BCUT2D eigenvalue weighted by Gasteiger charge is 2.52. The first-order valence-electron chi connectivity index (χ1n) is 8.46. The Kier molecular flexibility index (Phi) is 5.47. The third-order valence-corrected chi connectivity index (χ3v) is 5.06. The molecule has 1 N–H and O–H groups in total. The molecule has 0 aromatic heterocycles. The lowest BCUT2D eigenvalue weighted by atomic mass is 9.90. The molecule has 0 fully saturated rings. The zero-order valence-electron chi connectivity index (χ0n) is 15.0. The van der Waals surface area contributed by atoms with Gasteiger partial charge in [0.1, 0.15) is 18.1 Å². The van der Waals surface area contributed by atoms with Crippen molar-refractivity contribution < 1.29 is 19.4 Å². The number of rotatable bonds is 6. The van der Waals surface area contributed by atoms with Gasteiger partial charge in [0.2, 0.25) is 0 Å². The van der Waals surface area contributed by atoms with Gasteiger partial charge in [-0.2, -0.15) is 0 Å². The molecule has 5 nitrogen and oxygen atoms in total. The Morgan fingerprint density at radius 2 is 1.93 bits per heavy atom. The number of anilines is 1. The quantitative estimate of drug-likeness (QED) is 0.788. The Hall–Kier alpha value is -2.08. The Bertz CT molecular complexity index is 915. The highest BCUT2D eigenvalue weighted by molar-refractivity contribution is 6.38. The van der Waals surface area contributed by atoms with Gasteiger partial charge in [0.25, 0.3) is 5.91 Å². The number of aryl methyl sites for hydroxylation is 1. The molecule has 2 aromatic rings. The minimum atomic E-state index is -2.02. The summed E-state index contributed by atoms with van der Waals surface area (Å²) < 4.78 is 5.71. The fourth-order valence-electron chi connectivity index (χ4n) is 3.33. The number of amides is 1. The van der Waals surface area contributed by atoms with Crippen molar-refractivity contribution in [1.29, 1.82) is 0 Å². The average molecular weight is 408 g/mol. The lowest BCUT2D eigenvalue weighted by Crippen LogP contribution is -2.43. The number of aliphatic hydroxyl groups is 1. The van der Waals surface area contributed by atoms with Gasteiger partial charge in [-0.05, 0) is 43.7 Å². The molecular weight excluding hydrogens is 389 g/mol. The van der Waals surface area contributed by atoms with Crippen molar-refractivity contribution >= 4 is 40.6 Å². The summed E-state index contributed by atoms with van der Waals surface area (Å²) >= 11 is 12.5. The summed E-state index contributed by atoms with van der Waals surface area (Å²) in [6.07, 6.45) is -0.367. The minimum absolute atomic E-state index is 0.153. The van der Waals surface area contributed by atoms with Crippen LogP contribution in [0.25, 0.3) is 0 Å². The van der Waals surface area contributed by atoms with Crippen LogP contribution in [0.3, 0.4) is 0 Å². The number of ether oxygens (including phenoxy) is 1. The molecule has 1 aliphatic heterocycles. The number of carbonyl (C=O) groups is 2. The zero-order chi connectivity index (χ0) is 19.8. The van der Waals surface area contributed by atoms with Gasteiger partial charge < -0.3 is 14.7 Å². The highest BCUT2D eigenvalue weighted by atomic mass is 35.5. The minimum Gasteiger partial charge on any atom is -0.492 e. The fraction of sp³-hybridized carbons (Fsp3) is 0.300. The van der Waals surface area contributed by atoms with E-state index in [9.17, 15) is 14.7 Å². The number of carbonyl (C=O) groups excluding carboxylic acids is 2. The van der Waals surface area contributed by atoms with E-state index in [1.54, 1.807) is 6.07 Å². The largest absolute Gasteiger partial charge is 0.492 e. The summed E-state index contributed by atoms with van der Waals surface area (Å²) in [5.74, 6) is -0.278. The lowest BCUT2D eigenvalue weighted by molar-refractivity contribution is -0.141. The molecule has 1 heterocycles. The van der Waals surface area contributed by atoms with Gasteiger partial charge >= 0.3 is 0 Å². The SMILES string of the molecule is CC(=O)C[C@]1(O)C(=O)N(CCOc2cccc(C)c2)c2c(Cl)ccc(Cl)c21. The van der Waals surface area contributed by atoms with Crippen LogP contribution in [0.2, 0.25) is 10.0 Å². The molecule has 27 heavy (non-hydrogen) atoms. The van der Waals surface area contributed by atoms with Crippen molar-refractivity contribution in [2.24, 2.45) is 0 Å². The summed E-state index contributed by atoms with van der Waals surface area (Å²) in [5.41, 5.74) is -0.467. The van der Waals surface area contributed by atoms with Crippen LogP contribution < -0.4 is 9.64 Å². The first-order chi connectivity index (χ1) is 12.7. The molecule has 0 saturated carbocycles. The standard InChI is InChI=1S/C20H19Cl2NO4/c1-12-4-3-5-14(10-12)27-9-8-23-18-16(22)7-6-15(21)17(18)20(26,19(23)25)11-13(2)24/h3-7,10,26H,8-9,11H2,1-2H3/t20-/m1/s1. The number of hydrogen-bond donors (Lipinski definition) is 1. The van der Waals surface area contributed by atoms with E-state index in [0.717, 1.165) is 5.56 Å². The van der Waals surface area contributed by atoms with Gasteiger partial charge in [-0.1, -0.05) is 35.3 Å². The number of fused-ring (bicyclic) bond motifs is 1. The van der Waals surface area contributed by atoms with E-state index in [2.05, 4.69) is 0 Å². The van der Waals surface area contributed by atoms with Crippen molar-refractivity contribution in [3.05, 3.63) is 57.6 Å². The average Bonchev–Trinajstić information content (AvgIpc) is 2.80. The predicted octanol–water partition coefficient (Wildman–Crippen LogP) is 3.89. The number of hydrogen-bond acceptors (Lipinski definition) is 4. The third-order valence-electron chi connectivity index (χ3n) is 4.44. The molecule has 0 spiro atoms. The molecule has 0 radical (unpaired) electrons. The second kappa shape index (κ2) is 7.50. The molecular formula is C20H19Cl2NO4. The molecule has 142 valence electrons. The number of benzene rings is 2. The fourth-order valence-corrected chi connectivity index (χ4v) is 3.90. The van der Waals surface area contributed by atoms with E-state index in [1.807, 2.05) is 31.2 Å². The second-order valence-electron chi connectivity index (χ2n) is 6.61. The van der Waals surface area contributed by atoms with Crippen LogP contribution >= 0.6 is 23.2 Å². The summed E-state index contributed by atoms with van der Waals surface area (Å²) in [6.45, 7) is 3.61. The molecule has 0 aliphatic carbocycles. The lowest BCUT2D eigenvalue weighted by Gasteiger charge is -2.22. The summed E-state index contributed by atoms with van der Waals surface area (Å²) in [7, 11) is 0. The van der Waals surface area contributed by atoms with Crippen molar-refractivity contribution in [3.8, 4) is 5.75 Å². The molecule has 1 amide bonds. The molecule has 0 bridgehead atoms. The molecule has 1 atom stereocenters. The maximum atomic E-state index is 13.0. The first-order valence-corrected chi connectivity index (χ1v) is 9.21. The maximum Gasteiger partial charge on any atom is 0.264 e. The van der Waals surface area contributed by atoms with Crippen LogP contribution in [-0.2, 0) is 15.2 Å². The van der Waals surface area contributed by atoms with Crippen molar-refractivity contribution in [2.75, 3.05) is 18.1 Å². The summed E-state index contributed by atoms with van der Waals surface area (Å²) in [5, 5.41) is 11.5. The van der Waals surface area contributed by atoms with E-state index in [4.69, 9.17) is 27.9 Å². The number of ketones is 1. The van der Waals surface area contributed by atoms with E-state index >= 15 is 0 Å². The van der Waals surface area contributed by atoms with E-state index in [1.165, 1.54) is 17.9 Å². The monoisotopic (exact) mass is 407 g/mol. The molecule has 0 saturated heterocycles. The van der Waals surface area contributed by atoms with Crippen LogP contribution in [0.15, 0.2) is 36.4 Å². The van der Waals surface area contributed by atoms with Gasteiger partial charge in [0.15, 0.2) is 5.60 Å². The normalized spacial score (nSPS) is 18.6. The number of nitrogens with zero attached hydrogens (tertiary/aromatic N) is 1.